The Morgan fingerprint density at radius 1 is 1.27 bits per heavy atom. The van der Waals surface area contributed by atoms with Gasteiger partial charge in [-0.15, -0.1) is 35.1 Å². The Morgan fingerprint density at radius 3 is 2.73 bits per heavy atom. The lowest BCUT2D eigenvalue weighted by Crippen LogP contribution is -2.35. The molecule has 0 N–H and O–H groups in total. The summed E-state index contributed by atoms with van der Waals surface area (Å²) in [6.45, 7) is 8.26. The first kappa shape index (κ1) is 19.5. The number of fused-ring (bicyclic) bond motifs is 2. The zero-order valence-electron chi connectivity index (χ0n) is 15.2. The lowest BCUT2D eigenvalue weighted by atomic mass is 10.00. The third-order valence-electron chi connectivity index (χ3n) is 4.81. The Hall–Kier alpha value is -1.27. The highest BCUT2D eigenvalue weighted by Crippen LogP contribution is 2.43. The van der Waals surface area contributed by atoms with Gasteiger partial charge in [0.2, 0.25) is 0 Å². The number of rotatable bonds is 4. The molecule has 0 fully saturated rings. The Bertz CT molecular complexity index is 912. The topological polar surface area (TPSA) is 33.2 Å². The summed E-state index contributed by atoms with van der Waals surface area (Å²) in [5.74, 6) is 0.224. The first-order valence-corrected chi connectivity index (χ1v) is 10.4. The average Bonchev–Trinajstić information content (AvgIpc) is 3.13. The number of benzene rings is 1. The lowest BCUT2D eigenvalue weighted by molar-refractivity contribution is -0.116. The predicted octanol–water partition coefficient (Wildman–Crippen LogP) is 5.34. The quantitative estimate of drug-likeness (QED) is 0.585. The van der Waals surface area contributed by atoms with E-state index < -0.39 is 0 Å². The van der Waals surface area contributed by atoms with Crippen LogP contribution in [0, 0.1) is 0 Å². The summed E-state index contributed by atoms with van der Waals surface area (Å²) >= 11 is 3.57. The number of ketones is 1. The van der Waals surface area contributed by atoms with Crippen LogP contribution in [-0.2, 0) is 24.2 Å². The minimum atomic E-state index is 0. The van der Waals surface area contributed by atoms with Crippen LogP contribution in [0.5, 0.6) is 0 Å². The zero-order chi connectivity index (χ0) is 17.6. The minimum absolute atomic E-state index is 0. The number of aromatic nitrogens is 1. The third-order valence-corrected chi connectivity index (χ3v) is 7.08. The second-order valence-corrected chi connectivity index (χ2v) is 9.20. The van der Waals surface area contributed by atoms with Crippen LogP contribution in [0.3, 0.4) is 0 Å². The standard InChI is InChI=1S/C20H22N2OS2.ClH/c1-12(2)22-9-8-14-18(11-22)24-17(10-13(3)23)19(14)20-21-15-6-4-5-7-16(15)25-20;/h4-7,12H,8-11H2,1-3H3;1H. The van der Waals surface area contributed by atoms with Gasteiger partial charge in [0.25, 0.3) is 0 Å². The van der Waals surface area contributed by atoms with Gasteiger partial charge in [0, 0.05) is 40.9 Å². The molecule has 4 rings (SSSR count). The average molecular weight is 407 g/mol. The highest BCUT2D eigenvalue weighted by molar-refractivity contribution is 7.22. The van der Waals surface area contributed by atoms with Crippen molar-refractivity contribution in [3.8, 4) is 10.6 Å². The van der Waals surface area contributed by atoms with Crippen molar-refractivity contribution < 1.29 is 4.79 Å². The normalized spacial score (nSPS) is 14.5. The van der Waals surface area contributed by atoms with E-state index in [4.69, 9.17) is 4.98 Å². The summed E-state index contributed by atoms with van der Waals surface area (Å²) in [5.41, 5.74) is 3.73. The molecule has 0 atom stereocenters. The fourth-order valence-electron chi connectivity index (χ4n) is 3.50. The van der Waals surface area contributed by atoms with Crippen molar-refractivity contribution in [1.82, 2.24) is 9.88 Å². The van der Waals surface area contributed by atoms with E-state index in [1.807, 2.05) is 17.4 Å². The molecule has 0 bridgehead atoms. The van der Waals surface area contributed by atoms with E-state index in [0.717, 1.165) is 30.0 Å². The highest BCUT2D eigenvalue weighted by Gasteiger charge is 2.27. The number of para-hydroxylation sites is 1. The van der Waals surface area contributed by atoms with E-state index in [-0.39, 0.29) is 18.2 Å². The number of carbonyl (C=O) groups excluding carboxylic acids is 1. The van der Waals surface area contributed by atoms with Gasteiger partial charge in [-0.3, -0.25) is 9.69 Å². The van der Waals surface area contributed by atoms with Crippen molar-refractivity contribution >= 4 is 51.1 Å². The number of thiazole rings is 1. The maximum absolute atomic E-state index is 11.8. The van der Waals surface area contributed by atoms with Crippen LogP contribution in [0.25, 0.3) is 20.8 Å². The van der Waals surface area contributed by atoms with E-state index in [0.29, 0.717) is 12.5 Å². The van der Waals surface area contributed by atoms with Crippen molar-refractivity contribution in [2.75, 3.05) is 6.54 Å². The molecule has 2 aromatic heterocycles. The monoisotopic (exact) mass is 406 g/mol. The summed E-state index contributed by atoms with van der Waals surface area (Å²) in [7, 11) is 0. The summed E-state index contributed by atoms with van der Waals surface area (Å²) < 4.78 is 1.21. The molecule has 1 aromatic carbocycles. The van der Waals surface area contributed by atoms with Gasteiger partial charge in [-0.2, -0.15) is 0 Å². The summed E-state index contributed by atoms with van der Waals surface area (Å²) in [5, 5.41) is 1.08. The molecule has 0 aliphatic carbocycles. The Kier molecular flexibility index (Phi) is 5.82. The van der Waals surface area contributed by atoms with E-state index in [1.54, 1.807) is 18.3 Å². The molecule has 0 amide bonds. The SMILES string of the molecule is CC(=O)Cc1sc2c(c1-c1nc3ccccc3s1)CCN(C(C)C)C2.Cl. The summed E-state index contributed by atoms with van der Waals surface area (Å²) in [6, 6.07) is 8.84. The van der Waals surface area contributed by atoms with Crippen LogP contribution in [0.2, 0.25) is 0 Å². The number of nitrogens with zero attached hydrogens (tertiary/aromatic N) is 2. The first-order chi connectivity index (χ1) is 12.0. The largest absolute Gasteiger partial charge is 0.300 e. The van der Waals surface area contributed by atoms with E-state index in [9.17, 15) is 4.79 Å². The zero-order valence-corrected chi connectivity index (χ0v) is 17.7. The number of Topliss-reactive ketones (excluding diaryl/α,β-unsaturated/α-hetero) is 1. The van der Waals surface area contributed by atoms with Crippen LogP contribution < -0.4 is 0 Å². The minimum Gasteiger partial charge on any atom is -0.300 e. The number of hydrogen-bond donors (Lipinski definition) is 0. The molecule has 0 spiro atoms. The molecule has 1 aliphatic heterocycles. The molecule has 0 unspecified atom stereocenters. The van der Waals surface area contributed by atoms with Crippen LogP contribution in [0.15, 0.2) is 24.3 Å². The van der Waals surface area contributed by atoms with Gasteiger partial charge in [-0.05, 0) is 44.9 Å². The molecule has 3 heterocycles. The van der Waals surface area contributed by atoms with Crippen molar-refractivity contribution in [3.63, 3.8) is 0 Å². The second-order valence-electron chi connectivity index (χ2n) is 6.98. The number of thiophene rings is 1. The van der Waals surface area contributed by atoms with Gasteiger partial charge in [-0.1, -0.05) is 12.1 Å². The Morgan fingerprint density at radius 2 is 2.04 bits per heavy atom. The molecule has 0 saturated carbocycles. The number of halogens is 1. The van der Waals surface area contributed by atoms with Crippen LogP contribution in [-0.4, -0.2) is 28.3 Å². The van der Waals surface area contributed by atoms with Gasteiger partial charge >= 0.3 is 0 Å². The fraction of sp³-hybridized carbons (Fsp3) is 0.400. The molecule has 138 valence electrons. The van der Waals surface area contributed by atoms with E-state index in [1.165, 1.54) is 25.6 Å². The van der Waals surface area contributed by atoms with Gasteiger partial charge in [0.1, 0.15) is 10.8 Å². The maximum Gasteiger partial charge on any atom is 0.135 e. The second kappa shape index (κ2) is 7.77. The molecule has 3 nitrogen and oxygen atoms in total. The molecular formula is C20H23ClN2OS2. The highest BCUT2D eigenvalue weighted by atomic mass is 35.5. The van der Waals surface area contributed by atoms with Crippen molar-refractivity contribution in [1.29, 1.82) is 0 Å². The van der Waals surface area contributed by atoms with Crippen LogP contribution in [0.4, 0.5) is 0 Å². The lowest BCUT2D eigenvalue weighted by Gasteiger charge is -2.30. The smallest absolute Gasteiger partial charge is 0.135 e. The summed E-state index contributed by atoms with van der Waals surface area (Å²) in [6.07, 6.45) is 1.57. The van der Waals surface area contributed by atoms with E-state index in [2.05, 4.69) is 36.9 Å². The van der Waals surface area contributed by atoms with E-state index >= 15 is 0 Å². The van der Waals surface area contributed by atoms with Crippen LogP contribution in [0.1, 0.15) is 36.1 Å². The van der Waals surface area contributed by atoms with Gasteiger partial charge in [-0.25, -0.2) is 4.98 Å². The molecule has 26 heavy (non-hydrogen) atoms. The molecule has 0 saturated heterocycles. The number of hydrogen-bond acceptors (Lipinski definition) is 5. The summed E-state index contributed by atoms with van der Waals surface area (Å²) in [4.78, 5) is 21.8. The van der Waals surface area contributed by atoms with Crippen molar-refractivity contribution in [3.05, 3.63) is 39.6 Å². The molecule has 1 aliphatic rings. The van der Waals surface area contributed by atoms with Crippen LogP contribution >= 0.6 is 35.1 Å². The van der Waals surface area contributed by atoms with Crippen molar-refractivity contribution in [2.24, 2.45) is 0 Å². The first-order valence-electron chi connectivity index (χ1n) is 8.75. The molecular weight excluding hydrogens is 384 g/mol. The molecule has 6 heteroatoms. The van der Waals surface area contributed by atoms with Gasteiger partial charge in [0.05, 0.1) is 10.2 Å². The van der Waals surface area contributed by atoms with Gasteiger partial charge in [0.15, 0.2) is 0 Å². The Balaban J connectivity index is 0.00000196. The Labute approximate surface area is 168 Å². The van der Waals surface area contributed by atoms with Crippen molar-refractivity contribution in [2.45, 2.75) is 46.2 Å². The van der Waals surface area contributed by atoms with Gasteiger partial charge < -0.3 is 0 Å². The molecule has 0 radical (unpaired) electrons. The third kappa shape index (κ3) is 3.58. The molecule has 3 aromatic rings. The fourth-order valence-corrected chi connectivity index (χ4v) is 6.08. The number of carbonyl (C=O) groups is 1. The predicted molar refractivity (Wildman–Crippen MR) is 114 cm³/mol. The maximum atomic E-state index is 11.8.